The third kappa shape index (κ3) is 3.78. The van der Waals surface area contributed by atoms with Gasteiger partial charge in [-0.15, -0.1) is 0 Å². The number of hydrogen-bond donors (Lipinski definition) is 2. The van der Waals surface area contributed by atoms with Gasteiger partial charge in [-0.3, -0.25) is 4.79 Å². The Labute approximate surface area is 98.4 Å². The van der Waals surface area contributed by atoms with E-state index in [4.69, 9.17) is 0 Å². The maximum atomic E-state index is 11.8. The van der Waals surface area contributed by atoms with Crippen LogP contribution in [0, 0.1) is 5.92 Å². The van der Waals surface area contributed by atoms with E-state index in [1.54, 1.807) is 0 Å². The summed E-state index contributed by atoms with van der Waals surface area (Å²) in [6.07, 6.45) is 9.50. The molecule has 1 heterocycles. The van der Waals surface area contributed by atoms with Crippen LogP contribution >= 0.6 is 0 Å². The third-order valence-electron chi connectivity index (χ3n) is 3.90. The van der Waals surface area contributed by atoms with Gasteiger partial charge in [0.05, 0.1) is 0 Å². The second-order valence-electron chi connectivity index (χ2n) is 5.30. The summed E-state index contributed by atoms with van der Waals surface area (Å²) in [5.74, 6) is 0.953. The van der Waals surface area contributed by atoms with Crippen LogP contribution in [0.15, 0.2) is 0 Å². The van der Waals surface area contributed by atoms with Gasteiger partial charge in [0.2, 0.25) is 5.91 Å². The van der Waals surface area contributed by atoms with Crippen LogP contribution < -0.4 is 10.6 Å². The maximum absolute atomic E-state index is 11.8. The molecule has 0 aromatic heterocycles. The van der Waals surface area contributed by atoms with E-state index in [9.17, 15) is 4.79 Å². The van der Waals surface area contributed by atoms with Crippen molar-refractivity contribution in [3.8, 4) is 0 Å². The van der Waals surface area contributed by atoms with E-state index in [2.05, 4.69) is 10.6 Å². The number of carbonyl (C=O) groups excluding carboxylic acids is 1. The van der Waals surface area contributed by atoms with Gasteiger partial charge >= 0.3 is 0 Å². The Morgan fingerprint density at radius 2 is 1.75 bits per heavy atom. The maximum Gasteiger partial charge on any atom is 0.220 e. The summed E-state index contributed by atoms with van der Waals surface area (Å²) in [5, 5.41) is 6.51. The van der Waals surface area contributed by atoms with Crippen LogP contribution in [0.3, 0.4) is 0 Å². The highest BCUT2D eigenvalue weighted by Crippen LogP contribution is 2.26. The molecule has 2 fully saturated rings. The highest BCUT2D eigenvalue weighted by atomic mass is 16.1. The van der Waals surface area contributed by atoms with Crippen LogP contribution in [0.1, 0.15) is 51.4 Å². The lowest BCUT2D eigenvalue weighted by Gasteiger charge is -2.26. The molecule has 92 valence electrons. The molecule has 2 rings (SSSR count). The van der Waals surface area contributed by atoms with Gasteiger partial charge in [0.15, 0.2) is 0 Å². The van der Waals surface area contributed by atoms with Crippen LogP contribution in [0.4, 0.5) is 0 Å². The number of amides is 1. The van der Waals surface area contributed by atoms with E-state index in [1.807, 2.05) is 0 Å². The van der Waals surface area contributed by atoms with Crippen molar-refractivity contribution in [3.05, 3.63) is 0 Å². The molecule has 1 aliphatic carbocycles. The fourth-order valence-electron chi connectivity index (χ4n) is 2.91. The SMILES string of the molecule is O=C(CC1CCCCC1)NC1CCNCC1. The fraction of sp³-hybridized carbons (Fsp3) is 0.923. The topological polar surface area (TPSA) is 41.1 Å². The molecule has 1 saturated carbocycles. The summed E-state index contributed by atoms with van der Waals surface area (Å²) in [5.41, 5.74) is 0. The number of piperidine rings is 1. The van der Waals surface area contributed by atoms with Crippen LogP contribution in [-0.4, -0.2) is 25.0 Å². The van der Waals surface area contributed by atoms with Crippen molar-refractivity contribution in [1.82, 2.24) is 10.6 Å². The molecule has 2 aliphatic rings. The Kier molecular flexibility index (Phi) is 4.64. The van der Waals surface area contributed by atoms with Gasteiger partial charge in [0, 0.05) is 12.5 Å². The molecular weight excluding hydrogens is 200 g/mol. The van der Waals surface area contributed by atoms with E-state index in [0.29, 0.717) is 17.9 Å². The van der Waals surface area contributed by atoms with Crippen LogP contribution in [0.2, 0.25) is 0 Å². The van der Waals surface area contributed by atoms with Gasteiger partial charge in [-0.05, 0) is 44.7 Å². The lowest BCUT2D eigenvalue weighted by molar-refractivity contribution is -0.123. The first-order valence-corrected chi connectivity index (χ1v) is 6.84. The van der Waals surface area contributed by atoms with Crippen molar-refractivity contribution in [1.29, 1.82) is 0 Å². The summed E-state index contributed by atoms with van der Waals surface area (Å²) < 4.78 is 0. The zero-order valence-electron chi connectivity index (χ0n) is 10.1. The molecule has 0 radical (unpaired) electrons. The highest BCUT2D eigenvalue weighted by Gasteiger charge is 2.20. The van der Waals surface area contributed by atoms with Crippen LogP contribution in [0.5, 0.6) is 0 Å². The molecule has 2 N–H and O–H groups in total. The minimum absolute atomic E-state index is 0.291. The van der Waals surface area contributed by atoms with Gasteiger partial charge in [0.1, 0.15) is 0 Å². The molecule has 0 aromatic carbocycles. The molecule has 16 heavy (non-hydrogen) atoms. The summed E-state index contributed by atoms with van der Waals surface area (Å²) in [4.78, 5) is 11.8. The monoisotopic (exact) mass is 224 g/mol. The largest absolute Gasteiger partial charge is 0.353 e. The van der Waals surface area contributed by atoms with E-state index >= 15 is 0 Å². The average molecular weight is 224 g/mol. The molecule has 0 spiro atoms. The zero-order valence-corrected chi connectivity index (χ0v) is 10.1. The Bertz CT molecular complexity index is 196. The Balaban J connectivity index is 1.66. The number of rotatable bonds is 3. The van der Waals surface area contributed by atoms with Crippen LogP contribution in [-0.2, 0) is 4.79 Å². The second kappa shape index (κ2) is 6.24. The summed E-state index contributed by atoms with van der Waals surface area (Å²) >= 11 is 0. The molecule has 1 saturated heterocycles. The normalized spacial score (nSPS) is 24.2. The van der Waals surface area contributed by atoms with Gasteiger partial charge in [0.25, 0.3) is 0 Å². The van der Waals surface area contributed by atoms with E-state index < -0.39 is 0 Å². The van der Waals surface area contributed by atoms with Crippen molar-refractivity contribution < 1.29 is 4.79 Å². The van der Waals surface area contributed by atoms with Gasteiger partial charge in [-0.25, -0.2) is 0 Å². The number of carbonyl (C=O) groups is 1. The van der Waals surface area contributed by atoms with Gasteiger partial charge < -0.3 is 10.6 Å². The first-order chi connectivity index (χ1) is 7.84. The quantitative estimate of drug-likeness (QED) is 0.768. The molecule has 3 nitrogen and oxygen atoms in total. The highest BCUT2D eigenvalue weighted by molar-refractivity contribution is 5.76. The predicted octanol–water partition coefficient (Wildman–Crippen LogP) is 1.82. The molecule has 0 bridgehead atoms. The van der Waals surface area contributed by atoms with Crippen molar-refractivity contribution in [2.75, 3.05) is 13.1 Å². The van der Waals surface area contributed by atoms with Crippen molar-refractivity contribution >= 4 is 5.91 Å². The molecule has 0 atom stereocenters. The average Bonchev–Trinajstić information content (AvgIpc) is 2.31. The molecule has 0 aromatic rings. The van der Waals surface area contributed by atoms with Crippen molar-refractivity contribution in [3.63, 3.8) is 0 Å². The fourth-order valence-corrected chi connectivity index (χ4v) is 2.91. The lowest BCUT2D eigenvalue weighted by atomic mass is 9.86. The predicted molar refractivity (Wildman–Crippen MR) is 65.2 cm³/mol. The van der Waals surface area contributed by atoms with E-state index in [0.717, 1.165) is 32.4 Å². The van der Waals surface area contributed by atoms with Crippen molar-refractivity contribution in [2.45, 2.75) is 57.4 Å². The van der Waals surface area contributed by atoms with Crippen LogP contribution in [0.25, 0.3) is 0 Å². The lowest BCUT2D eigenvalue weighted by Crippen LogP contribution is -2.43. The molecule has 1 amide bonds. The first-order valence-electron chi connectivity index (χ1n) is 6.84. The third-order valence-corrected chi connectivity index (χ3v) is 3.90. The smallest absolute Gasteiger partial charge is 0.220 e. The Morgan fingerprint density at radius 3 is 2.44 bits per heavy atom. The minimum atomic E-state index is 0.291. The van der Waals surface area contributed by atoms with Gasteiger partial charge in [-0.2, -0.15) is 0 Å². The molecule has 0 unspecified atom stereocenters. The number of hydrogen-bond acceptors (Lipinski definition) is 2. The Hall–Kier alpha value is -0.570. The zero-order chi connectivity index (χ0) is 11.2. The summed E-state index contributed by atoms with van der Waals surface area (Å²) in [7, 11) is 0. The summed E-state index contributed by atoms with van der Waals surface area (Å²) in [6.45, 7) is 2.10. The standard InChI is InChI=1S/C13H24N2O/c16-13(10-11-4-2-1-3-5-11)15-12-6-8-14-9-7-12/h11-12,14H,1-10H2,(H,15,16). The molecular formula is C13H24N2O. The van der Waals surface area contributed by atoms with Crippen molar-refractivity contribution in [2.24, 2.45) is 5.92 Å². The second-order valence-corrected chi connectivity index (χ2v) is 5.30. The number of nitrogens with one attached hydrogen (secondary N) is 2. The van der Waals surface area contributed by atoms with E-state index in [-0.39, 0.29) is 0 Å². The van der Waals surface area contributed by atoms with Gasteiger partial charge in [-0.1, -0.05) is 19.3 Å². The minimum Gasteiger partial charge on any atom is -0.353 e. The molecule has 1 aliphatic heterocycles. The van der Waals surface area contributed by atoms with E-state index in [1.165, 1.54) is 32.1 Å². The molecule has 3 heteroatoms. The first kappa shape index (κ1) is 11.9. The summed E-state index contributed by atoms with van der Waals surface area (Å²) in [6, 6.07) is 0.428. The Morgan fingerprint density at radius 1 is 1.06 bits per heavy atom.